The lowest BCUT2D eigenvalue weighted by Crippen LogP contribution is -2.44. The summed E-state index contributed by atoms with van der Waals surface area (Å²) in [7, 11) is 0. The normalized spacial score (nSPS) is 26.7. The van der Waals surface area contributed by atoms with Crippen LogP contribution in [0.5, 0.6) is 0 Å². The lowest BCUT2D eigenvalue weighted by molar-refractivity contribution is -0.165. The van der Waals surface area contributed by atoms with Gasteiger partial charge in [-0.05, 0) is 0 Å². The lowest BCUT2D eigenvalue weighted by Gasteiger charge is -2.37. The molecule has 1 fully saturated rings. The Morgan fingerprint density at radius 2 is 1.73 bits per heavy atom. The van der Waals surface area contributed by atoms with Gasteiger partial charge in [0.15, 0.2) is 0 Å². The van der Waals surface area contributed by atoms with E-state index in [1.54, 1.807) is 0 Å². The van der Waals surface area contributed by atoms with Crippen molar-refractivity contribution >= 4 is 0 Å². The number of alkyl halides is 4. The molecule has 0 radical (unpaired) electrons. The van der Waals surface area contributed by atoms with E-state index in [0.717, 1.165) is 0 Å². The van der Waals surface area contributed by atoms with Gasteiger partial charge >= 0.3 is 0 Å². The zero-order valence-corrected chi connectivity index (χ0v) is 5.61. The van der Waals surface area contributed by atoms with Gasteiger partial charge in [0.2, 0.25) is 5.92 Å². The molecule has 0 saturated heterocycles. The Morgan fingerprint density at radius 3 is 2.00 bits per heavy atom. The summed E-state index contributed by atoms with van der Waals surface area (Å²) in [6.45, 7) is 0. The van der Waals surface area contributed by atoms with Gasteiger partial charge in [-0.1, -0.05) is 0 Å². The number of rotatable bonds is 2. The third-order valence-electron chi connectivity index (χ3n) is 1.86. The van der Waals surface area contributed by atoms with Crippen molar-refractivity contribution in [1.29, 1.82) is 0 Å². The number of aliphatic hydroxyl groups excluding tert-OH is 1. The van der Waals surface area contributed by atoms with E-state index in [-0.39, 0.29) is 0 Å². The van der Waals surface area contributed by atoms with Crippen LogP contribution in [0.2, 0.25) is 0 Å². The summed E-state index contributed by atoms with van der Waals surface area (Å²) in [5.41, 5.74) is 0. The van der Waals surface area contributed by atoms with Gasteiger partial charge in [-0.15, -0.1) is 0 Å². The number of hydrogen-bond acceptors (Lipinski definition) is 1. The van der Waals surface area contributed by atoms with E-state index in [2.05, 4.69) is 0 Å². The van der Waals surface area contributed by atoms with Crippen molar-refractivity contribution in [2.24, 2.45) is 5.92 Å². The zero-order valence-electron chi connectivity index (χ0n) is 5.61. The molecular weight excluding hydrogens is 164 g/mol. The van der Waals surface area contributed by atoms with E-state index in [1.165, 1.54) is 0 Å². The first-order chi connectivity index (χ1) is 4.92. The van der Waals surface area contributed by atoms with Crippen LogP contribution < -0.4 is 0 Å². The summed E-state index contributed by atoms with van der Waals surface area (Å²) in [5.74, 6) is -3.76. The molecule has 0 aromatic carbocycles. The van der Waals surface area contributed by atoms with Crippen LogP contribution in [0.4, 0.5) is 17.6 Å². The van der Waals surface area contributed by atoms with Crippen molar-refractivity contribution in [2.45, 2.75) is 31.3 Å². The molecule has 66 valence electrons. The molecule has 1 aliphatic rings. The first-order valence-electron chi connectivity index (χ1n) is 3.26. The summed E-state index contributed by atoms with van der Waals surface area (Å²) in [4.78, 5) is 0. The molecule has 0 aromatic heterocycles. The quantitative estimate of drug-likeness (QED) is 0.628. The fraction of sp³-hybridized carbons (Fsp3) is 1.00. The maximum Gasteiger partial charge on any atom is 0.264 e. The van der Waals surface area contributed by atoms with Crippen molar-refractivity contribution in [3.63, 3.8) is 0 Å². The molecule has 0 aliphatic heterocycles. The van der Waals surface area contributed by atoms with Gasteiger partial charge in [-0.3, -0.25) is 0 Å². The Morgan fingerprint density at radius 1 is 1.27 bits per heavy atom. The molecule has 0 spiro atoms. The summed E-state index contributed by atoms with van der Waals surface area (Å²) < 4.78 is 47.4. The SMILES string of the molecule is OC(C(F)F)C1CC(F)(F)C1. The fourth-order valence-electron chi connectivity index (χ4n) is 1.15. The summed E-state index contributed by atoms with van der Waals surface area (Å²) in [6, 6.07) is 0. The fourth-order valence-corrected chi connectivity index (χ4v) is 1.15. The molecule has 5 heteroatoms. The van der Waals surface area contributed by atoms with Crippen LogP contribution in [0.25, 0.3) is 0 Å². The number of hydrogen-bond donors (Lipinski definition) is 1. The molecule has 1 rings (SSSR count). The van der Waals surface area contributed by atoms with E-state index >= 15 is 0 Å². The summed E-state index contributed by atoms with van der Waals surface area (Å²) in [5, 5.41) is 8.60. The summed E-state index contributed by atoms with van der Waals surface area (Å²) in [6.07, 6.45) is -6.01. The van der Waals surface area contributed by atoms with Crippen molar-refractivity contribution in [1.82, 2.24) is 0 Å². The molecule has 1 N–H and O–H groups in total. The van der Waals surface area contributed by atoms with Crippen LogP contribution in [0.1, 0.15) is 12.8 Å². The van der Waals surface area contributed by atoms with Crippen LogP contribution >= 0.6 is 0 Å². The van der Waals surface area contributed by atoms with E-state index in [4.69, 9.17) is 5.11 Å². The van der Waals surface area contributed by atoms with Crippen molar-refractivity contribution in [2.75, 3.05) is 0 Å². The van der Waals surface area contributed by atoms with Gasteiger partial charge in [-0.25, -0.2) is 17.6 Å². The van der Waals surface area contributed by atoms with Gasteiger partial charge in [0.05, 0.1) is 0 Å². The Hall–Kier alpha value is -0.320. The molecule has 1 nitrogen and oxygen atoms in total. The van der Waals surface area contributed by atoms with Crippen LogP contribution in [0.15, 0.2) is 0 Å². The topological polar surface area (TPSA) is 20.2 Å². The van der Waals surface area contributed by atoms with Crippen LogP contribution in [0, 0.1) is 5.92 Å². The van der Waals surface area contributed by atoms with Crippen LogP contribution in [-0.4, -0.2) is 23.6 Å². The van der Waals surface area contributed by atoms with Gasteiger partial charge in [0, 0.05) is 18.8 Å². The monoisotopic (exact) mass is 172 g/mol. The first kappa shape index (κ1) is 8.77. The first-order valence-corrected chi connectivity index (χ1v) is 3.26. The molecule has 0 bridgehead atoms. The standard InChI is InChI=1S/C6H8F4O/c7-5(8)4(11)3-1-6(9,10)2-3/h3-5,11H,1-2H2. The van der Waals surface area contributed by atoms with Crippen LogP contribution in [0.3, 0.4) is 0 Å². The Labute approximate surface area is 61.0 Å². The van der Waals surface area contributed by atoms with E-state index in [0.29, 0.717) is 0 Å². The minimum Gasteiger partial charge on any atom is -0.387 e. The Balaban J connectivity index is 2.32. The number of aliphatic hydroxyl groups is 1. The Kier molecular flexibility index (Phi) is 2.09. The van der Waals surface area contributed by atoms with E-state index in [9.17, 15) is 17.6 Å². The second kappa shape index (κ2) is 2.62. The average Bonchev–Trinajstić information content (AvgIpc) is 1.80. The highest BCUT2D eigenvalue weighted by Gasteiger charge is 2.50. The lowest BCUT2D eigenvalue weighted by atomic mass is 9.78. The highest BCUT2D eigenvalue weighted by Crippen LogP contribution is 2.44. The molecule has 0 aromatic rings. The van der Waals surface area contributed by atoms with E-state index in [1.807, 2.05) is 0 Å². The minimum atomic E-state index is -2.91. The third-order valence-corrected chi connectivity index (χ3v) is 1.86. The molecule has 1 aliphatic carbocycles. The summed E-state index contributed by atoms with van der Waals surface area (Å²) >= 11 is 0. The highest BCUT2D eigenvalue weighted by atomic mass is 19.3. The average molecular weight is 172 g/mol. The maximum atomic E-state index is 12.1. The van der Waals surface area contributed by atoms with Crippen molar-refractivity contribution in [3.05, 3.63) is 0 Å². The zero-order chi connectivity index (χ0) is 8.65. The second-order valence-corrected chi connectivity index (χ2v) is 2.85. The smallest absolute Gasteiger partial charge is 0.264 e. The molecule has 1 saturated carbocycles. The minimum absolute atomic E-state index is 0.613. The third kappa shape index (κ3) is 1.83. The second-order valence-electron chi connectivity index (χ2n) is 2.85. The van der Waals surface area contributed by atoms with Gasteiger partial charge in [-0.2, -0.15) is 0 Å². The molecule has 0 heterocycles. The predicted octanol–water partition coefficient (Wildman–Crippen LogP) is 1.66. The molecule has 0 amide bonds. The molecule has 1 atom stereocenters. The Bertz CT molecular complexity index is 140. The molecule has 11 heavy (non-hydrogen) atoms. The molecular formula is C6H8F4O. The van der Waals surface area contributed by atoms with Gasteiger partial charge in [0.25, 0.3) is 6.43 Å². The maximum absolute atomic E-state index is 12.1. The van der Waals surface area contributed by atoms with Crippen LogP contribution in [-0.2, 0) is 0 Å². The van der Waals surface area contributed by atoms with Gasteiger partial charge < -0.3 is 5.11 Å². The van der Waals surface area contributed by atoms with Gasteiger partial charge in [0.1, 0.15) is 6.10 Å². The molecule has 1 unspecified atom stereocenters. The van der Waals surface area contributed by atoms with E-state index < -0.39 is 37.2 Å². The largest absolute Gasteiger partial charge is 0.387 e. The number of halogens is 4. The predicted molar refractivity (Wildman–Crippen MR) is 29.7 cm³/mol. The van der Waals surface area contributed by atoms with Crippen molar-refractivity contribution in [3.8, 4) is 0 Å². The highest BCUT2D eigenvalue weighted by molar-refractivity contribution is 4.90. The van der Waals surface area contributed by atoms with Crippen molar-refractivity contribution < 1.29 is 22.7 Å².